The number of aromatic amines is 2. The molecule has 0 saturated carbocycles. The van der Waals surface area contributed by atoms with Crippen LogP contribution in [0.2, 0.25) is 0 Å². The van der Waals surface area contributed by atoms with Gasteiger partial charge in [-0.3, -0.25) is 0 Å². The molecular formula is C18H16N6O4S2. The number of anilines is 2. The van der Waals surface area contributed by atoms with Gasteiger partial charge in [0.25, 0.3) is 0 Å². The van der Waals surface area contributed by atoms with Gasteiger partial charge < -0.3 is 30.9 Å². The first-order chi connectivity index (χ1) is 14.4. The van der Waals surface area contributed by atoms with Crippen LogP contribution in [0, 0.1) is 0 Å². The van der Waals surface area contributed by atoms with E-state index in [1.165, 1.54) is 35.8 Å². The molecule has 0 aliphatic heterocycles. The fraction of sp³-hybridized carbons (Fsp3) is 0.111. The molecule has 0 aliphatic rings. The zero-order chi connectivity index (χ0) is 21.4. The molecule has 2 aromatic heterocycles. The first-order valence-electron chi connectivity index (χ1n) is 8.50. The molecule has 0 bridgehead atoms. The number of nitrogens with one attached hydrogen (secondary N) is 2. The number of rotatable bonds is 5. The van der Waals surface area contributed by atoms with E-state index in [1.807, 2.05) is 12.1 Å². The van der Waals surface area contributed by atoms with Crippen molar-refractivity contribution in [3.8, 4) is 0 Å². The zero-order valence-electron chi connectivity index (χ0n) is 15.8. The number of hydrogen-bond donors (Lipinski definition) is 4. The van der Waals surface area contributed by atoms with E-state index < -0.39 is 11.9 Å². The number of nitrogens with zero attached hydrogens (tertiary/aromatic N) is 2. The highest BCUT2D eigenvalue weighted by Crippen LogP contribution is 2.44. The number of H-pyrrole nitrogens is 2. The second-order valence-corrected chi connectivity index (χ2v) is 8.28. The van der Waals surface area contributed by atoms with Gasteiger partial charge >= 0.3 is 11.9 Å². The molecular weight excluding hydrogens is 428 g/mol. The third kappa shape index (κ3) is 3.39. The van der Waals surface area contributed by atoms with E-state index in [0.717, 1.165) is 9.79 Å². The number of aromatic nitrogens is 4. The van der Waals surface area contributed by atoms with E-state index in [1.54, 1.807) is 12.1 Å². The Bertz CT molecular complexity index is 1200. The van der Waals surface area contributed by atoms with Crippen LogP contribution in [-0.2, 0) is 9.47 Å². The third-order valence-corrected chi connectivity index (χ3v) is 6.78. The smallest absolute Gasteiger partial charge is 0.374 e. The molecule has 12 heteroatoms. The van der Waals surface area contributed by atoms with Crippen LogP contribution >= 0.6 is 21.6 Å². The number of methoxy groups -OCH3 is 2. The van der Waals surface area contributed by atoms with E-state index in [-0.39, 0.29) is 11.6 Å². The number of carbonyl (C=O) groups is 2. The van der Waals surface area contributed by atoms with Crippen molar-refractivity contribution in [3.05, 3.63) is 35.9 Å². The van der Waals surface area contributed by atoms with Crippen molar-refractivity contribution in [2.45, 2.75) is 9.79 Å². The topological polar surface area (TPSA) is 162 Å². The molecule has 2 heterocycles. The minimum absolute atomic E-state index is 0.0874. The summed E-state index contributed by atoms with van der Waals surface area (Å²) >= 11 is 0. The Hall–Kier alpha value is -3.38. The molecule has 154 valence electrons. The van der Waals surface area contributed by atoms with Gasteiger partial charge in [0.05, 0.1) is 47.7 Å². The third-order valence-electron chi connectivity index (χ3n) is 4.30. The molecule has 0 unspecified atom stereocenters. The lowest BCUT2D eigenvalue weighted by Gasteiger charge is -2.08. The fourth-order valence-corrected chi connectivity index (χ4v) is 5.00. The van der Waals surface area contributed by atoms with E-state index in [9.17, 15) is 9.59 Å². The molecule has 0 saturated heterocycles. The highest BCUT2D eigenvalue weighted by Gasteiger charge is 2.17. The van der Waals surface area contributed by atoms with Gasteiger partial charge in [-0.05, 0) is 24.3 Å². The number of ether oxygens (including phenoxy) is 2. The molecule has 0 atom stereocenters. The highest BCUT2D eigenvalue weighted by atomic mass is 33.1. The molecule has 30 heavy (non-hydrogen) atoms. The molecule has 4 rings (SSSR count). The Morgan fingerprint density at radius 3 is 1.57 bits per heavy atom. The molecule has 2 aromatic carbocycles. The average molecular weight is 444 g/mol. The number of fused-ring (bicyclic) bond motifs is 2. The SMILES string of the molecule is COC(=O)c1nc2ccc(SSc3ccc4nc(C(=O)OC)[nH]c4c3N)c(N)c2[nH]1. The quantitative estimate of drug-likeness (QED) is 0.204. The second-order valence-electron chi connectivity index (χ2n) is 6.06. The molecule has 0 amide bonds. The van der Waals surface area contributed by atoms with Gasteiger partial charge in [0, 0.05) is 9.79 Å². The summed E-state index contributed by atoms with van der Waals surface area (Å²) in [6.45, 7) is 0. The lowest BCUT2D eigenvalue weighted by Crippen LogP contribution is -2.03. The standard InChI is InChI=1S/C18H16N6O4S2/c1-27-17(25)15-21-7-3-5-9(11(19)13(7)23-15)29-30-10-6-4-8-14(12(10)20)24-16(22-8)18(26)28-2/h3-6H,19-20H2,1-2H3,(H,21,23)(H,22,24). The number of benzene rings is 2. The molecule has 0 spiro atoms. The molecule has 0 fully saturated rings. The van der Waals surface area contributed by atoms with Crippen LogP contribution < -0.4 is 11.5 Å². The van der Waals surface area contributed by atoms with Gasteiger partial charge in [-0.25, -0.2) is 19.6 Å². The van der Waals surface area contributed by atoms with Crippen molar-refractivity contribution in [1.29, 1.82) is 0 Å². The molecule has 0 aliphatic carbocycles. The molecule has 0 radical (unpaired) electrons. The number of nitrogen functional groups attached to an aromatic ring is 2. The zero-order valence-corrected chi connectivity index (χ0v) is 17.4. The van der Waals surface area contributed by atoms with Crippen LogP contribution in [0.4, 0.5) is 11.4 Å². The summed E-state index contributed by atoms with van der Waals surface area (Å²) in [5.41, 5.74) is 15.7. The minimum Gasteiger partial charge on any atom is -0.463 e. The van der Waals surface area contributed by atoms with E-state index in [4.69, 9.17) is 11.5 Å². The van der Waals surface area contributed by atoms with Gasteiger partial charge in [-0.2, -0.15) is 0 Å². The maximum Gasteiger partial charge on any atom is 0.374 e. The summed E-state index contributed by atoms with van der Waals surface area (Å²) in [5, 5.41) is 0. The number of carbonyl (C=O) groups excluding carboxylic acids is 2. The second kappa shape index (κ2) is 7.80. The Balaban J connectivity index is 1.61. The normalized spacial score (nSPS) is 11.1. The van der Waals surface area contributed by atoms with E-state index >= 15 is 0 Å². The maximum absolute atomic E-state index is 11.7. The van der Waals surface area contributed by atoms with Crippen LogP contribution in [0.1, 0.15) is 21.2 Å². The Labute approximate surface area is 177 Å². The predicted octanol–water partition coefficient (Wildman–Crippen LogP) is 2.98. The van der Waals surface area contributed by atoms with Crippen molar-refractivity contribution in [2.75, 3.05) is 25.7 Å². The predicted molar refractivity (Wildman–Crippen MR) is 115 cm³/mol. The Morgan fingerprint density at radius 2 is 1.20 bits per heavy atom. The first-order valence-corrected chi connectivity index (χ1v) is 10.7. The Morgan fingerprint density at radius 1 is 0.800 bits per heavy atom. The number of hydrogen-bond acceptors (Lipinski definition) is 10. The summed E-state index contributed by atoms with van der Waals surface area (Å²) < 4.78 is 9.36. The van der Waals surface area contributed by atoms with E-state index in [2.05, 4.69) is 29.4 Å². The molecule has 4 aromatic rings. The number of nitrogens with two attached hydrogens (primary N) is 2. The van der Waals surface area contributed by atoms with Gasteiger partial charge in [0.1, 0.15) is 0 Å². The number of esters is 2. The summed E-state index contributed by atoms with van der Waals surface area (Å²) in [6.07, 6.45) is 0. The van der Waals surface area contributed by atoms with Gasteiger partial charge in [0.15, 0.2) is 0 Å². The minimum atomic E-state index is -0.568. The summed E-state index contributed by atoms with van der Waals surface area (Å²) in [6, 6.07) is 7.16. The van der Waals surface area contributed by atoms with Gasteiger partial charge in [-0.15, -0.1) is 0 Å². The van der Waals surface area contributed by atoms with E-state index in [0.29, 0.717) is 33.4 Å². The van der Waals surface area contributed by atoms with Crippen LogP contribution in [0.5, 0.6) is 0 Å². The number of imidazole rings is 2. The molecule has 6 N–H and O–H groups in total. The van der Waals surface area contributed by atoms with Crippen molar-refractivity contribution >= 4 is 67.0 Å². The average Bonchev–Trinajstić information content (AvgIpc) is 3.39. The van der Waals surface area contributed by atoms with Gasteiger partial charge in [0.2, 0.25) is 11.6 Å². The maximum atomic E-state index is 11.7. The highest BCUT2D eigenvalue weighted by molar-refractivity contribution is 8.76. The van der Waals surface area contributed by atoms with Crippen LogP contribution in [0.3, 0.4) is 0 Å². The lowest BCUT2D eigenvalue weighted by atomic mass is 10.3. The monoisotopic (exact) mass is 444 g/mol. The Kier molecular flexibility index (Phi) is 5.18. The summed E-state index contributed by atoms with van der Waals surface area (Å²) in [7, 11) is 5.37. The fourth-order valence-electron chi connectivity index (χ4n) is 2.78. The summed E-state index contributed by atoms with van der Waals surface area (Å²) in [4.78, 5) is 39.0. The molecule has 10 nitrogen and oxygen atoms in total. The van der Waals surface area contributed by atoms with Crippen molar-refractivity contribution in [2.24, 2.45) is 0 Å². The summed E-state index contributed by atoms with van der Waals surface area (Å²) in [5.74, 6) is -0.962. The van der Waals surface area contributed by atoms with Crippen molar-refractivity contribution in [3.63, 3.8) is 0 Å². The van der Waals surface area contributed by atoms with Gasteiger partial charge in [-0.1, -0.05) is 21.6 Å². The van der Waals surface area contributed by atoms with Crippen molar-refractivity contribution in [1.82, 2.24) is 19.9 Å². The lowest BCUT2D eigenvalue weighted by molar-refractivity contribution is 0.0580. The van der Waals surface area contributed by atoms with Crippen molar-refractivity contribution < 1.29 is 19.1 Å². The first kappa shape index (κ1) is 19.9. The largest absolute Gasteiger partial charge is 0.463 e. The van der Waals surface area contributed by atoms with Crippen LogP contribution in [-0.4, -0.2) is 46.1 Å². The van der Waals surface area contributed by atoms with Crippen LogP contribution in [0.15, 0.2) is 34.1 Å². The van der Waals surface area contributed by atoms with Crippen LogP contribution in [0.25, 0.3) is 22.1 Å².